The van der Waals surface area contributed by atoms with E-state index in [1.165, 1.54) is 10.9 Å². The molecule has 2 N–H and O–H groups in total. The summed E-state index contributed by atoms with van der Waals surface area (Å²) in [5.74, 6) is 1.56. The molecule has 3 aromatic rings. The van der Waals surface area contributed by atoms with E-state index in [1.807, 2.05) is 46.2 Å². The molecule has 0 saturated carbocycles. The van der Waals surface area contributed by atoms with E-state index in [1.54, 1.807) is 7.11 Å². The number of rotatable bonds is 4. The molecule has 2 aromatic carbocycles. The summed E-state index contributed by atoms with van der Waals surface area (Å²) >= 11 is 0. The zero-order valence-electron chi connectivity index (χ0n) is 19.6. The van der Waals surface area contributed by atoms with Crippen LogP contribution in [0.2, 0.25) is 0 Å². The second-order valence-electron chi connectivity index (χ2n) is 9.31. The number of aromatic amines is 1. The average molecular weight is 461 g/mol. The van der Waals surface area contributed by atoms with E-state index in [4.69, 9.17) is 4.74 Å². The number of aromatic nitrogens is 1. The minimum absolute atomic E-state index is 0.00896. The lowest BCUT2D eigenvalue weighted by molar-refractivity contribution is -0.137. The van der Waals surface area contributed by atoms with Crippen molar-refractivity contribution in [3.05, 3.63) is 60.3 Å². The fourth-order valence-electron chi connectivity index (χ4n) is 5.31. The van der Waals surface area contributed by atoms with Crippen LogP contribution in [0.4, 0.5) is 10.5 Å². The molecule has 2 aliphatic rings. The molecule has 3 heterocycles. The monoisotopic (exact) mass is 460 g/mol. The number of hydrogen-bond acceptors (Lipinski definition) is 3. The molecule has 2 saturated heterocycles. The molecule has 2 fully saturated rings. The van der Waals surface area contributed by atoms with Crippen LogP contribution >= 0.6 is 0 Å². The Labute approximate surface area is 200 Å². The van der Waals surface area contributed by atoms with Crippen LogP contribution in [0.5, 0.6) is 5.75 Å². The summed E-state index contributed by atoms with van der Waals surface area (Å²) < 4.78 is 5.41. The zero-order valence-corrected chi connectivity index (χ0v) is 19.6. The normalized spacial score (nSPS) is 17.7. The Morgan fingerprint density at radius 1 is 0.941 bits per heavy atom. The fourth-order valence-corrected chi connectivity index (χ4v) is 5.31. The highest BCUT2D eigenvalue weighted by Gasteiger charge is 2.32. The number of H-pyrrole nitrogens is 1. The summed E-state index contributed by atoms with van der Waals surface area (Å²) in [6.07, 6.45) is 5.50. The molecule has 0 aliphatic carbocycles. The van der Waals surface area contributed by atoms with E-state index in [9.17, 15) is 9.59 Å². The number of anilines is 1. The molecule has 34 heavy (non-hydrogen) atoms. The van der Waals surface area contributed by atoms with Gasteiger partial charge in [-0.2, -0.15) is 0 Å². The molecule has 3 amide bonds. The molecular weight excluding hydrogens is 428 g/mol. The first-order valence-corrected chi connectivity index (χ1v) is 12.2. The lowest BCUT2D eigenvalue weighted by atomic mass is 9.88. The first-order valence-electron chi connectivity index (χ1n) is 12.2. The summed E-state index contributed by atoms with van der Waals surface area (Å²) in [6.45, 7) is 2.80. The highest BCUT2D eigenvalue weighted by Crippen LogP contribution is 2.35. The molecule has 7 nitrogen and oxygen atoms in total. The minimum atomic E-state index is -0.0896. The van der Waals surface area contributed by atoms with Gasteiger partial charge < -0.3 is 24.8 Å². The van der Waals surface area contributed by atoms with Crippen LogP contribution in [0.15, 0.2) is 54.7 Å². The van der Waals surface area contributed by atoms with E-state index in [0.717, 1.165) is 55.7 Å². The molecule has 0 spiro atoms. The Morgan fingerprint density at radius 2 is 1.65 bits per heavy atom. The Balaban J connectivity index is 1.13. The minimum Gasteiger partial charge on any atom is -0.497 e. The number of ether oxygens (including phenoxy) is 1. The van der Waals surface area contributed by atoms with Gasteiger partial charge in [0.2, 0.25) is 5.91 Å². The second-order valence-corrected chi connectivity index (χ2v) is 9.31. The number of carbonyl (C=O) groups excluding carboxylic acids is 2. The quantitative estimate of drug-likeness (QED) is 0.586. The van der Waals surface area contributed by atoms with Crippen molar-refractivity contribution in [2.75, 3.05) is 38.6 Å². The van der Waals surface area contributed by atoms with E-state index < -0.39 is 0 Å². The van der Waals surface area contributed by atoms with Crippen molar-refractivity contribution in [3.63, 3.8) is 0 Å². The van der Waals surface area contributed by atoms with E-state index in [2.05, 4.69) is 28.6 Å². The largest absolute Gasteiger partial charge is 0.497 e. The van der Waals surface area contributed by atoms with Gasteiger partial charge in [-0.05, 0) is 67.5 Å². The van der Waals surface area contributed by atoms with Crippen LogP contribution in [0, 0.1) is 5.92 Å². The lowest BCUT2D eigenvalue weighted by Gasteiger charge is -2.37. The maximum Gasteiger partial charge on any atom is 0.321 e. The maximum absolute atomic E-state index is 13.2. The first kappa shape index (κ1) is 22.3. The van der Waals surface area contributed by atoms with Crippen molar-refractivity contribution >= 4 is 28.5 Å². The molecular formula is C27H32N4O3. The van der Waals surface area contributed by atoms with Gasteiger partial charge in [-0.15, -0.1) is 0 Å². The van der Waals surface area contributed by atoms with Gasteiger partial charge in [0, 0.05) is 54.9 Å². The Bertz CT molecular complexity index is 1140. The van der Waals surface area contributed by atoms with Crippen LogP contribution in [0.25, 0.3) is 10.9 Å². The average Bonchev–Trinajstić information content (AvgIpc) is 3.32. The highest BCUT2D eigenvalue weighted by molar-refractivity contribution is 5.89. The third-order valence-corrected chi connectivity index (χ3v) is 7.32. The van der Waals surface area contributed by atoms with Gasteiger partial charge in [0.15, 0.2) is 0 Å². The van der Waals surface area contributed by atoms with Crippen LogP contribution in [-0.2, 0) is 4.79 Å². The number of nitrogens with one attached hydrogen (secondary N) is 2. The number of likely N-dealkylation sites (tertiary alicyclic amines) is 2. The van der Waals surface area contributed by atoms with Gasteiger partial charge in [0.05, 0.1) is 7.11 Å². The summed E-state index contributed by atoms with van der Waals surface area (Å²) in [5.41, 5.74) is 3.23. The van der Waals surface area contributed by atoms with Crippen LogP contribution in [0.1, 0.15) is 37.2 Å². The zero-order chi connectivity index (χ0) is 23.5. The summed E-state index contributed by atoms with van der Waals surface area (Å²) in [7, 11) is 1.69. The molecule has 2 aliphatic heterocycles. The highest BCUT2D eigenvalue weighted by atomic mass is 16.5. The van der Waals surface area contributed by atoms with Gasteiger partial charge in [0.25, 0.3) is 0 Å². The number of methoxy groups -OCH3 is 1. The van der Waals surface area contributed by atoms with Crippen molar-refractivity contribution in [1.29, 1.82) is 0 Å². The van der Waals surface area contributed by atoms with Crippen LogP contribution in [-0.4, -0.2) is 60.0 Å². The Morgan fingerprint density at radius 3 is 2.35 bits per heavy atom. The molecule has 178 valence electrons. The number of benzene rings is 2. The number of urea groups is 1. The lowest BCUT2D eigenvalue weighted by Crippen LogP contribution is -2.47. The number of amides is 3. The second kappa shape index (κ2) is 9.79. The number of para-hydroxylation sites is 1. The predicted octanol–water partition coefficient (Wildman–Crippen LogP) is 4.83. The molecule has 0 atom stereocenters. The van der Waals surface area contributed by atoms with Crippen LogP contribution in [0.3, 0.4) is 0 Å². The van der Waals surface area contributed by atoms with Gasteiger partial charge in [-0.25, -0.2) is 4.79 Å². The topological polar surface area (TPSA) is 77.7 Å². The van der Waals surface area contributed by atoms with Gasteiger partial charge in [-0.3, -0.25) is 4.79 Å². The van der Waals surface area contributed by atoms with Crippen molar-refractivity contribution in [2.45, 2.75) is 31.6 Å². The van der Waals surface area contributed by atoms with E-state index in [-0.39, 0.29) is 17.9 Å². The Kier molecular flexibility index (Phi) is 6.43. The maximum atomic E-state index is 13.2. The molecule has 0 unspecified atom stereocenters. The van der Waals surface area contributed by atoms with E-state index in [0.29, 0.717) is 19.0 Å². The van der Waals surface area contributed by atoms with Crippen molar-refractivity contribution in [3.8, 4) is 5.75 Å². The molecule has 5 rings (SSSR count). The molecule has 7 heteroatoms. The van der Waals surface area contributed by atoms with Gasteiger partial charge >= 0.3 is 6.03 Å². The number of fused-ring (bicyclic) bond motifs is 1. The number of hydrogen-bond donors (Lipinski definition) is 2. The van der Waals surface area contributed by atoms with Crippen molar-refractivity contribution < 1.29 is 14.3 Å². The molecule has 1 aromatic heterocycles. The summed E-state index contributed by atoms with van der Waals surface area (Å²) in [5, 5.41) is 4.15. The summed E-state index contributed by atoms with van der Waals surface area (Å²) in [4.78, 5) is 33.0. The number of carbonyl (C=O) groups is 2. The number of piperidine rings is 2. The Hall–Kier alpha value is -3.48. The third-order valence-electron chi connectivity index (χ3n) is 7.32. The smallest absolute Gasteiger partial charge is 0.321 e. The molecule has 0 bridgehead atoms. The first-order chi connectivity index (χ1) is 16.6. The predicted molar refractivity (Wildman–Crippen MR) is 133 cm³/mol. The summed E-state index contributed by atoms with van der Waals surface area (Å²) in [6, 6.07) is 15.5. The van der Waals surface area contributed by atoms with Gasteiger partial charge in [-0.1, -0.05) is 18.2 Å². The SMILES string of the molecule is COc1ccc2[nH]cc(C3CCN(C(=O)C4CCN(C(=O)Nc5ccccc5)CC4)CC3)c2c1. The van der Waals surface area contributed by atoms with Crippen LogP contribution < -0.4 is 10.1 Å². The fraction of sp³-hybridized carbons (Fsp3) is 0.407. The van der Waals surface area contributed by atoms with Crippen molar-refractivity contribution in [1.82, 2.24) is 14.8 Å². The van der Waals surface area contributed by atoms with Crippen molar-refractivity contribution in [2.24, 2.45) is 5.92 Å². The standard InChI is InChI=1S/C27H32N4O3/c1-34-22-7-8-25-23(17-22)24(18-28-25)19-9-13-30(14-10-19)26(32)20-11-15-31(16-12-20)27(33)29-21-5-3-2-4-6-21/h2-8,17-20,28H,9-16H2,1H3,(H,29,33). The van der Waals surface area contributed by atoms with E-state index >= 15 is 0 Å². The molecule has 0 radical (unpaired) electrons. The third kappa shape index (κ3) is 4.60. The van der Waals surface area contributed by atoms with Gasteiger partial charge in [0.1, 0.15) is 5.75 Å². The number of nitrogens with zero attached hydrogens (tertiary/aromatic N) is 2.